The van der Waals surface area contributed by atoms with E-state index in [1.807, 2.05) is 0 Å². The third-order valence-electron chi connectivity index (χ3n) is 0.828. The van der Waals surface area contributed by atoms with Crippen LogP contribution in [0.4, 0.5) is 0 Å². The molecule has 6 nitrogen and oxygen atoms in total. The highest BCUT2D eigenvalue weighted by Crippen LogP contribution is 2.39. The van der Waals surface area contributed by atoms with Crippen LogP contribution in [0.15, 0.2) is 0 Å². The van der Waals surface area contributed by atoms with Gasteiger partial charge in [-0.05, 0) is 0 Å². The van der Waals surface area contributed by atoms with Crippen LogP contribution >= 0.6 is 8.60 Å². The number of ether oxygens (including phenoxy) is 3. The number of hydrogen-bond acceptors (Lipinski definition) is 6. The number of methoxy groups -OCH3 is 3. The van der Waals surface area contributed by atoms with Gasteiger partial charge in [-0.25, -0.2) is 0 Å². The van der Waals surface area contributed by atoms with E-state index in [1.54, 1.807) is 0 Å². The summed E-state index contributed by atoms with van der Waals surface area (Å²) in [5.74, 6) is 0. The first-order valence-electron chi connectivity index (χ1n) is 3.50. The van der Waals surface area contributed by atoms with Crippen molar-refractivity contribution in [1.29, 1.82) is 0 Å². The Bertz CT molecular complexity index is 84.1. The third kappa shape index (κ3) is 8.52. The standard InChI is InChI=1S/C6H15O6P/c1-7-4-10-13(11-5-8-2)12-6-9-3/h4-6H2,1-3H3. The van der Waals surface area contributed by atoms with Gasteiger partial charge in [0.05, 0.1) is 0 Å². The van der Waals surface area contributed by atoms with Gasteiger partial charge in [-0.15, -0.1) is 0 Å². The number of hydrogen-bond donors (Lipinski definition) is 0. The molecule has 0 aromatic carbocycles. The molecule has 0 amide bonds. The average Bonchev–Trinajstić information content (AvgIpc) is 2.17. The van der Waals surface area contributed by atoms with E-state index in [2.05, 4.69) is 14.2 Å². The summed E-state index contributed by atoms with van der Waals surface area (Å²) in [6, 6.07) is 0. The van der Waals surface area contributed by atoms with Crippen LogP contribution in [0.3, 0.4) is 0 Å². The number of rotatable bonds is 9. The molecular formula is C6H15O6P. The van der Waals surface area contributed by atoms with Crippen LogP contribution < -0.4 is 0 Å². The maximum Gasteiger partial charge on any atom is 0.339 e. The molecule has 0 aliphatic rings. The van der Waals surface area contributed by atoms with Gasteiger partial charge in [-0.3, -0.25) is 13.6 Å². The van der Waals surface area contributed by atoms with Gasteiger partial charge in [-0.2, -0.15) is 0 Å². The summed E-state index contributed by atoms with van der Waals surface area (Å²) < 4.78 is 29.2. The smallest absolute Gasteiger partial charge is 0.339 e. The van der Waals surface area contributed by atoms with Crippen molar-refractivity contribution >= 4 is 8.60 Å². The average molecular weight is 214 g/mol. The van der Waals surface area contributed by atoms with Crippen molar-refractivity contribution in [1.82, 2.24) is 0 Å². The molecule has 0 atom stereocenters. The summed E-state index contributed by atoms with van der Waals surface area (Å²) >= 11 is 0. The summed E-state index contributed by atoms with van der Waals surface area (Å²) in [6.07, 6.45) is 0. The van der Waals surface area contributed by atoms with Crippen molar-refractivity contribution < 1.29 is 27.8 Å². The van der Waals surface area contributed by atoms with Gasteiger partial charge in [0.25, 0.3) is 0 Å². The van der Waals surface area contributed by atoms with E-state index in [4.69, 9.17) is 13.6 Å². The zero-order chi connectivity index (χ0) is 9.94. The topological polar surface area (TPSA) is 55.4 Å². The minimum Gasteiger partial charge on any atom is -0.358 e. The maximum absolute atomic E-state index is 5.03. The highest BCUT2D eigenvalue weighted by Gasteiger charge is 2.11. The molecule has 0 unspecified atom stereocenters. The monoisotopic (exact) mass is 214 g/mol. The molecule has 0 saturated carbocycles. The minimum absolute atomic E-state index is 0.110. The highest BCUT2D eigenvalue weighted by atomic mass is 31.2. The third-order valence-corrected chi connectivity index (χ3v) is 1.78. The van der Waals surface area contributed by atoms with E-state index >= 15 is 0 Å². The normalized spacial score (nSPS) is 11.1. The van der Waals surface area contributed by atoms with Crippen LogP contribution in [0, 0.1) is 0 Å². The van der Waals surface area contributed by atoms with Crippen LogP contribution in [-0.2, 0) is 27.8 Å². The highest BCUT2D eigenvalue weighted by molar-refractivity contribution is 7.41. The van der Waals surface area contributed by atoms with Crippen molar-refractivity contribution in [2.45, 2.75) is 0 Å². The van der Waals surface area contributed by atoms with Crippen molar-refractivity contribution in [2.75, 3.05) is 41.7 Å². The second-order valence-corrected chi connectivity index (χ2v) is 3.05. The molecule has 0 fully saturated rings. The van der Waals surface area contributed by atoms with Gasteiger partial charge < -0.3 is 14.2 Å². The minimum atomic E-state index is -1.45. The molecule has 0 bridgehead atoms. The van der Waals surface area contributed by atoms with E-state index < -0.39 is 8.60 Å². The molecule has 0 radical (unpaired) electrons. The zero-order valence-corrected chi connectivity index (χ0v) is 8.91. The predicted molar refractivity (Wildman–Crippen MR) is 45.8 cm³/mol. The molecule has 0 spiro atoms. The first-order valence-corrected chi connectivity index (χ1v) is 4.60. The SMILES string of the molecule is COCOP(OCOC)OCOC. The lowest BCUT2D eigenvalue weighted by atomic mass is 11.4. The van der Waals surface area contributed by atoms with E-state index in [0.29, 0.717) is 0 Å². The second kappa shape index (κ2) is 10.3. The summed E-state index contributed by atoms with van der Waals surface area (Å²) in [4.78, 5) is 0. The lowest BCUT2D eigenvalue weighted by molar-refractivity contribution is -0.0294. The van der Waals surface area contributed by atoms with E-state index in [0.717, 1.165) is 0 Å². The van der Waals surface area contributed by atoms with E-state index in [1.165, 1.54) is 21.3 Å². The zero-order valence-electron chi connectivity index (χ0n) is 8.02. The molecule has 0 heterocycles. The summed E-state index contributed by atoms with van der Waals surface area (Å²) in [6.45, 7) is 0.331. The van der Waals surface area contributed by atoms with Gasteiger partial charge >= 0.3 is 8.60 Å². The molecule has 80 valence electrons. The van der Waals surface area contributed by atoms with Crippen LogP contribution in [-0.4, -0.2) is 41.7 Å². The van der Waals surface area contributed by atoms with Crippen LogP contribution in [0.2, 0.25) is 0 Å². The molecule has 0 N–H and O–H groups in total. The Morgan fingerprint density at radius 1 is 0.692 bits per heavy atom. The summed E-state index contributed by atoms with van der Waals surface area (Å²) in [5, 5.41) is 0. The van der Waals surface area contributed by atoms with Crippen LogP contribution in [0.25, 0.3) is 0 Å². The van der Waals surface area contributed by atoms with E-state index in [-0.39, 0.29) is 20.4 Å². The Morgan fingerprint density at radius 3 is 1.23 bits per heavy atom. The predicted octanol–water partition coefficient (Wildman–Crippen LogP) is 1.07. The molecule has 13 heavy (non-hydrogen) atoms. The molecule has 0 aliphatic carbocycles. The van der Waals surface area contributed by atoms with Gasteiger partial charge in [0.2, 0.25) is 0 Å². The Morgan fingerprint density at radius 2 is 1.00 bits per heavy atom. The Hall–Kier alpha value is 0.190. The Labute approximate surface area is 79.0 Å². The molecule has 7 heteroatoms. The van der Waals surface area contributed by atoms with Gasteiger partial charge in [-0.1, -0.05) is 0 Å². The summed E-state index contributed by atoms with van der Waals surface area (Å²) in [5.41, 5.74) is 0. The Kier molecular flexibility index (Phi) is 10.4. The first-order chi connectivity index (χ1) is 6.35. The molecule has 0 aromatic rings. The lowest BCUT2D eigenvalue weighted by Crippen LogP contribution is -2.02. The lowest BCUT2D eigenvalue weighted by Gasteiger charge is -2.14. The maximum atomic E-state index is 5.03. The summed E-state index contributed by atoms with van der Waals surface area (Å²) in [7, 11) is 3.09. The molecule has 0 aromatic heterocycles. The fourth-order valence-electron chi connectivity index (χ4n) is 0.399. The fourth-order valence-corrected chi connectivity index (χ4v) is 1.20. The van der Waals surface area contributed by atoms with Crippen molar-refractivity contribution in [3.8, 4) is 0 Å². The first kappa shape index (κ1) is 13.2. The van der Waals surface area contributed by atoms with Crippen LogP contribution in [0.1, 0.15) is 0 Å². The molecule has 0 rings (SSSR count). The molecule has 0 saturated heterocycles. The van der Waals surface area contributed by atoms with Crippen molar-refractivity contribution in [3.05, 3.63) is 0 Å². The van der Waals surface area contributed by atoms with Crippen LogP contribution in [0.5, 0.6) is 0 Å². The quantitative estimate of drug-likeness (QED) is 0.422. The van der Waals surface area contributed by atoms with Crippen molar-refractivity contribution in [3.63, 3.8) is 0 Å². The van der Waals surface area contributed by atoms with Gasteiger partial charge in [0.15, 0.2) is 20.4 Å². The fraction of sp³-hybridized carbons (Fsp3) is 1.00. The molecule has 0 aliphatic heterocycles. The Balaban J connectivity index is 3.47. The largest absolute Gasteiger partial charge is 0.358 e. The van der Waals surface area contributed by atoms with Gasteiger partial charge in [0.1, 0.15) is 0 Å². The second-order valence-electron chi connectivity index (χ2n) is 1.83. The van der Waals surface area contributed by atoms with Crippen molar-refractivity contribution in [2.24, 2.45) is 0 Å². The molecular weight excluding hydrogens is 199 g/mol. The van der Waals surface area contributed by atoms with E-state index in [9.17, 15) is 0 Å². The van der Waals surface area contributed by atoms with Gasteiger partial charge in [0, 0.05) is 21.3 Å².